The van der Waals surface area contributed by atoms with Crippen molar-refractivity contribution in [1.29, 1.82) is 0 Å². The quantitative estimate of drug-likeness (QED) is 0.689. The normalized spacial score (nSPS) is 10.7. The van der Waals surface area contributed by atoms with Crippen molar-refractivity contribution in [2.45, 2.75) is 13.0 Å². The van der Waals surface area contributed by atoms with E-state index in [1.54, 1.807) is 12.1 Å². The minimum atomic E-state index is -0.930. The first-order chi connectivity index (χ1) is 7.22. The number of aromatic nitrogens is 2. The Hall–Kier alpha value is -1.88. The third kappa shape index (κ3) is 1.69. The van der Waals surface area contributed by atoms with E-state index in [9.17, 15) is 4.79 Å². The van der Waals surface area contributed by atoms with Gasteiger partial charge in [-0.05, 0) is 17.2 Å². The molecule has 3 N–H and O–H groups in total. The summed E-state index contributed by atoms with van der Waals surface area (Å²) < 4.78 is 0. The van der Waals surface area contributed by atoms with Crippen molar-refractivity contribution >= 4 is 17.0 Å². The monoisotopic (exact) mass is 206 g/mol. The second-order valence-electron chi connectivity index (χ2n) is 3.23. The van der Waals surface area contributed by atoms with Crippen LogP contribution in [-0.4, -0.2) is 26.2 Å². The maximum absolute atomic E-state index is 10.7. The lowest BCUT2D eigenvalue weighted by molar-refractivity contribution is -0.136. The van der Waals surface area contributed by atoms with Crippen LogP contribution in [0.25, 0.3) is 11.0 Å². The number of nitrogens with zero attached hydrogens (tertiary/aromatic N) is 1. The maximum atomic E-state index is 10.7. The number of hydrogen-bond donors (Lipinski definition) is 3. The standard InChI is InChI=1S/C10H10N2O3/c13-4-6-1-2-8-10(12-5-11-8)7(6)3-9(14)15/h1-2,5,13H,3-4H2,(H,11,12)(H,14,15). The highest BCUT2D eigenvalue weighted by Gasteiger charge is 2.12. The number of carboxylic acid groups (broad SMARTS) is 1. The third-order valence-corrected chi connectivity index (χ3v) is 2.29. The second-order valence-corrected chi connectivity index (χ2v) is 3.23. The molecule has 0 aliphatic heterocycles. The van der Waals surface area contributed by atoms with Crippen molar-refractivity contribution in [2.24, 2.45) is 0 Å². The van der Waals surface area contributed by atoms with E-state index in [2.05, 4.69) is 9.97 Å². The van der Waals surface area contributed by atoms with Crippen molar-refractivity contribution in [3.05, 3.63) is 29.6 Å². The molecule has 5 heteroatoms. The van der Waals surface area contributed by atoms with Crippen LogP contribution in [0.15, 0.2) is 18.5 Å². The average Bonchev–Trinajstić information content (AvgIpc) is 2.65. The van der Waals surface area contributed by atoms with Crippen LogP contribution in [0.2, 0.25) is 0 Å². The van der Waals surface area contributed by atoms with Gasteiger partial charge in [0.15, 0.2) is 0 Å². The van der Waals surface area contributed by atoms with Crippen molar-refractivity contribution < 1.29 is 15.0 Å². The Labute approximate surface area is 85.4 Å². The van der Waals surface area contributed by atoms with Gasteiger partial charge in [0, 0.05) is 0 Å². The van der Waals surface area contributed by atoms with Crippen molar-refractivity contribution in [1.82, 2.24) is 9.97 Å². The van der Waals surface area contributed by atoms with Gasteiger partial charge in [0.05, 0.1) is 30.4 Å². The molecule has 0 amide bonds. The first-order valence-corrected chi connectivity index (χ1v) is 4.49. The summed E-state index contributed by atoms with van der Waals surface area (Å²) >= 11 is 0. The predicted molar refractivity (Wildman–Crippen MR) is 53.4 cm³/mol. The van der Waals surface area contributed by atoms with Crippen LogP contribution in [0.3, 0.4) is 0 Å². The summed E-state index contributed by atoms with van der Waals surface area (Å²) in [5.74, 6) is -0.930. The van der Waals surface area contributed by atoms with E-state index in [4.69, 9.17) is 10.2 Å². The van der Waals surface area contributed by atoms with E-state index in [1.165, 1.54) is 6.33 Å². The number of aromatic amines is 1. The highest BCUT2D eigenvalue weighted by atomic mass is 16.4. The maximum Gasteiger partial charge on any atom is 0.307 e. The number of imidazole rings is 1. The van der Waals surface area contributed by atoms with Gasteiger partial charge in [0.25, 0.3) is 0 Å². The number of aliphatic hydroxyl groups is 1. The fourth-order valence-electron chi connectivity index (χ4n) is 1.61. The van der Waals surface area contributed by atoms with Gasteiger partial charge >= 0.3 is 5.97 Å². The topological polar surface area (TPSA) is 86.2 Å². The summed E-state index contributed by atoms with van der Waals surface area (Å²) in [6.45, 7) is -0.175. The van der Waals surface area contributed by atoms with Crippen LogP contribution >= 0.6 is 0 Å². The minimum Gasteiger partial charge on any atom is -0.481 e. The Balaban J connectivity index is 2.62. The summed E-state index contributed by atoms with van der Waals surface area (Å²) in [6.07, 6.45) is 1.38. The zero-order chi connectivity index (χ0) is 10.8. The molecule has 0 atom stereocenters. The molecule has 0 radical (unpaired) electrons. The molecule has 2 rings (SSSR count). The Morgan fingerprint density at radius 1 is 1.47 bits per heavy atom. The first kappa shape index (κ1) is 9.67. The van der Waals surface area contributed by atoms with Gasteiger partial charge in [-0.2, -0.15) is 0 Å². The number of fused-ring (bicyclic) bond motifs is 1. The van der Waals surface area contributed by atoms with Crippen LogP contribution < -0.4 is 0 Å². The van der Waals surface area contributed by atoms with Crippen LogP contribution in [-0.2, 0) is 17.8 Å². The molecule has 1 aromatic carbocycles. The molecule has 1 heterocycles. The van der Waals surface area contributed by atoms with E-state index >= 15 is 0 Å². The van der Waals surface area contributed by atoms with Gasteiger partial charge in [-0.25, -0.2) is 4.98 Å². The number of aliphatic carboxylic acids is 1. The molecule has 0 aliphatic rings. The highest BCUT2D eigenvalue weighted by Crippen LogP contribution is 2.20. The zero-order valence-electron chi connectivity index (χ0n) is 7.90. The van der Waals surface area contributed by atoms with Crippen molar-refractivity contribution in [3.63, 3.8) is 0 Å². The molecule has 0 aliphatic carbocycles. The van der Waals surface area contributed by atoms with Gasteiger partial charge in [0.1, 0.15) is 0 Å². The Morgan fingerprint density at radius 2 is 2.27 bits per heavy atom. The number of benzene rings is 1. The van der Waals surface area contributed by atoms with E-state index in [0.717, 1.165) is 5.52 Å². The van der Waals surface area contributed by atoms with Crippen LogP contribution in [0.4, 0.5) is 0 Å². The molecule has 0 spiro atoms. The van der Waals surface area contributed by atoms with Crippen LogP contribution in [0.1, 0.15) is 11.1 Å². The number of nitrogens with one attached hydrogen (secondary N) is 1. The smallest absolute Gasteiger partial charge is 0.307 e. The molecule has 2 aromatic rings. The lowest BCUT2D eigenvalue weighted by atomic mass is 10.0. The van der Waals surface area contributed by atoms with E-state index in [-0.39, 0.29) is 13.0 Å². The summed E-state index contributed by atoms with van der Waals surface area (Å²) in [7, 11) is 0. The van der Waals surface area contributed by atoms with E-state index < -0.39 is 5.97 Å². The Bertz CT molecular complexity index is 504. The number of carboxylic acids is 1. The molecule has 5 nitrogen and oxygen atoms in total. The number of aliphatic hydroxyl groups excluding tert-OH is 1. The average molecular weight is 206 g/mol. The first-order valence-electron chi connectivity index (χ1n) is 4.49. The molecule has 78 valence electrons. The molecule has 1 aromatic heterocycles. The summed E-state index contributed by atoms with van der Waals surface area (Å²) in [5, 5.41) is 17.9. The van der Waals surface area contributed by atoms with Gasteiger partial charge in [-0.1, -0.05) is 6.07 Å². The summed E-state index contributed by atoms with van der Waals surface area (Å²) in [4.78, 5) is 17.6. The molecule has 0 bridgehead atoms. The van der Waals surface area contributed by atoms with Gasteiger partial charge in [-0.15, -0.1) is 0 Å². The summed E-state index contributed by atoms with van der Waals surface area (Å²) in [5.41, 5.74) is 2.58. The van der Waals surface area contributed by atoms with E-state index in [0.29, 0.717) is 16.6 Å². The van der Waals surface area contributed by atoms with E-state index in [1.807, 2.05) is 0 Å². The van der Waals surface area contributed by atoms with Crippen molar-refractivity contribution in [3.8, 4) is 0 Å². The molecule has 0 unspecified atom stereocenters. The molecule has 15 heavy (non-hydrogen) atoms. The van der Waals surface area contributed by atoms with Crippen molar-refractivity contribution in [2.75, 3.05) is 0 Å². The van der Waals surface area contributed by atoms with Crippen LogP contribution in [0, 0.1) is 0 Å². The molecular formula is C10H10N2O3. The lowest BCUT2D eigenvalue weighted by Gasteiger charge is -2.05. The fourth-order valence-corrected chi connectivity index (χ4v) is 1.61. The largest absolute Gasteiger partial charge is 0.481 e. The van der Waals surface area contributed by atoms with Gasteiger partial charge < -0.3 is 15.2 Å². The second kappa shape index (κ2) is 3.70. The Kier molecular flexibility index (Phi) is 2.39. The number of carbonyl (C=O) groups is 1. The molecule has 0 saturated carbocycles. The lowest BCUT2D eigenvalue weighted by Crippen LogP contribution is -2.04. The number of hydrogen-bond acceptors (Lipinski definition) is 3. The molecule has 0 fully saturated rings. The highest BCUT2D eigenvalue weighted by molar-refractivity contribution is 5.84. The minimum absolute atomic E-state index is 0.127. The predicted octanol–water partition coefficient (Wildman–Crippen LogP) is 0.682. The Morgan fingerprint density at radius 3 is 2.93 bits per heavy atom. The third-order valence-electron chi connectivity index (χ3n) is 2.29. The number of rotatable bonds is 3. The zero-order valence-corrected chi connectivity index (χ0v) is 7.90. The van der Waals surface area contributed by atoms with Gasteiger partial charge in [-0.3, -0.25) is 4.79 Å². The summed E-state index contributed by atoms with van der Waals surface area (Å²) in [6, 6.07) is 3.48. The molecule has 0 saturated heterocycles. The van der Waals surface area contributed by atoms with Crippen LogP contribution in [0.5, 0.6) is 0 Å². The SMILES string of the molecule is O=C(O)Cc1c(CO)ccc2[nH]cnc12. The fraction of sp³-hybridized carbons (Fsp3) is 0.200. The van der Waals surface area contributed by atoms with Gasteiger partial charge in [0.2, 0.25) is 0 Å². The molecular weight excluding hydrogens is 196 g/mol. The number of H-pyrrole nitrogens is 1.